The van der Waals surface area contributed by atoms with Gasteiger partial charge in [0.2, 0.25) is 0 Å². The Kier molecular flexibility index (Phi) is 7.98. The molecule has 4 aromatic rings. The fourth-order valence-corrected chi connectivity index (χ4v) is 4.81. The highest BCUT2D eigenvalue weighted by atomic mass is 16.1. The molecule has 0 amide bonds. The normalized spacial score (nSPS) is 12.2. The van der Waals surface area contributed by atoms with Gasteiger partial charge in [0, 0.05) is 49.2 Å². The van der Waals surface area contributed by atoms with E-state index in [2.05, 4.69) is 60.3 Å². The third kappa shape index (κ3) is 4.73. The Morgan fingerprint density at radius 3 is 2.24 bits per heavy atom. The standard InChI is InChI=1S/C27H38N6O/c1-5-31(6-2)17-15-28-19-23-20-13-14-22(29-16-18-32(7-3)8-4)25-26(20)33(30-23)24-12-10-9-11-21(24)27(25)34/h9-14,28-29H,5-8,15-19H2,1-4H3. The van der Waals surface area contributed by atoms with Crippen molar-refractivity contribution >= 4 is 32.9 Å². The summed E-state index contributed by atoms with van der Waals surface area (Å²) in [6.07, 6.45) is 0. The van der Waals surface area contributed by atoms with E-state index in [1.165, 1.54) is 0 Å². The van der Waals surface area contributed by atoms with Gasteiger partial charge in [-0.05, 0) is 50.4 Å². The summed E-state index contributed by atoms with van der Waals surface area (Å²) < 4.78 is 1.97. The minimum atomic E-state index is 0.0694. The zero-order chi connectivity index (χ0) is 24.1. The average Bonchev–Trinajstić information content (AvgIpc) is 3.24. The minimum absolute atomic E-state index is 0.0694. The Morgan fingerprint density at radius 2 is 1.53 bits per heavy atom. The highest BCUT2D eigenvalue weighted by Gasteiger charge is 2.19. The zero-order valence-electron chi connectivity index (χ0n) is 21.0. The molecule has 0 fully saturated rings. The molecule has 0 spiro atoms. The maximum Gasteiger partial charge on any atom is 0.199 e. The van der Waals surface area contributed by atoms with E-state index in [1.54, 1.807) is 0 Å². The lowest BCUT2D eigenvalue weighted by molar-refractivity contribution is 0.302. The smallest absolute Gasteiger partial charge is 0.199 e. The van der Waals surface area contributed by atoms with E-state index in [4.69, 9.17) is 5.10 Å². The maximum absolute atomic E-state index is 13.6. The first-order valence-electron chi connectivity index (χ1n) is 12.7. The fraction of sp³-hybridized carbons (Fsp3) is 0.481. The molecule has 2 aromatic heterocycles. The molecular weight excluding hydrogens is 424 g/mol. The molecular formula is C27H38N6O. The highest BCUT2D eigenvalue weighted by molar-refractivity contribution is 6.08. The van der Waals surface area contributed by atoms with E-state index in [0.29, 0.717) is 11.9 Å². The van der Waals surface area contributed by atoms with Crippen molar-refractivity contribution in [3.05, 3.63) is 52.3 Å². The molecule has 34 heavy (non-hydrogen) atoms. The largest absolute Gasteiger partial charge is 0.383 e. The van der Waals surface area contributed by atoms with Gasteiger partial charge in [-0.1, -0.05) is 39.8 Å². The predicted octanol–water partition coefficient (Wildman–Crippen LogP) is 3.62. The van der Waals surface area contributed by atoms with Gasteiger partial charge in [-0.3, -0.25) is 4.79 Å². The topological polar surface area (TPSA) is 64.9 Å². The lowest BCUT2D eigenvalue weighted by atomic mass is 10.1. The van der Waals surface area contributed by atoms with E-state index in [-0.39, 0.29) is 5.43 Å². The van der Waals surface area contributed by atoms with Gasteiger partial charge in [0.25, 0.3) is 0 Å². The van der Waals surface area contributed by atoms with Crippen molar-refractivity contribution in [1.82, 2.24) is 24.7 Å². The summed E-state index contributed by atoms with van der Waals surface area (Å²) >= 11 is 0. The van der Waals surface area contributed by atoms with Crippen LogP contribution in [0.2, 0.25) is 0 Å². The Hall–Kier alpha value is -2.74. The summed E-state index contributed by atoms with van der Waals surface area (Å²) in [6, 6.07) is 12.0. The number of likely N-dealkylation sites (N-methyl/N-ethyl adjacent to an activating group) is 2. The molecule has 0 unspecified atom stereocenters. The number of nitrogens with zero attached hydrogens (tertiary/aromatic N) is 4. The van der Waals surface area contributed by atoms with Crippen molar-refractivity contribution in [3.8, 4) is 0 Å². The van der Waals surface area contributed by atoms with Crippen LogP contribution in [-0.4, -0.2) is 71.8 Å². The van der Waals surface area contributed by atoms with Gasteiger partial charge in [0.1, 0.15) is 0 Å². The second-order valence-electron chi connectivity index (χ2n) is 8.75. The number of hydrogen-bond acceptors (Lipinski definition) is 6. The molecule has 0 aliphatic carbocycles. The molecule has 4 rings (SSSR count). The number of aromatic nitrogens is 2. The third-order valence-electron chi connectivity index (χ3n) is 6.95. The molecule has 0 radical (unpaired) electrons. The van der Waals surface area contributed by atoms with Crippen LogP contribution in [0.5, 0.6) is 0 Å². The van der Waals surface area contributed by atoms with Crippen molar-refractivity contribution in [2.75, 3.05) is 57.7 Å². The van der Waals surface area contributed by atoms with Gasteiger partial charge in [-0.15, -0.1) is 0 Å². The number of benzene rings is 2. The van der Waals surface area contributed by atoms with Crippen LogP contribution in [0.15, 0.2) is 41.2 Å². The minimum Gasteiger partial charge on any atom is -0.383 e. The van der Waals surface area contributed by atoms with Gasteiger partial charge >= 0.3 is 0 Å². The molecule has 0 saturated carbocycles. The van der Waals surface area contributed by atoms with E-state index in [0.717, 1.165) is 85.5 Å². The summed E-state index contributed by atoms with van der Waals surface area (Å²) in [7, 11) is 0. The number of fused-ring (bicyclic) bond motifs is 2. The zero-order valence-corrected chi connectivity index (χ0v) is 21.0. The highest BCUT2D eigenvalue weighted by Crippen LogP contribution is 2.30. The van der Waals surface area contributed by atoms with Gasteiger partial charge in [0.15, 0.2) is 5.43 Å². The Labute approximate surface area is 202 Å². The first-order valence-corrected chi connectivity index (χ1v) is 12.7. The van der Waals surface area contributed by atoms with E-state index < -0.39 is 0 Å². The van der Waals surface area contributed by atoms with Crippen LogP contribution in [0.4, 0.5) is 5.69 Å². The molecule has 0 atom stereocenters. The molecule has 0 aliphatic rings. The summed E-state index contributed by atoms with van der Waals surface area (Å²) in [5, 5.41) is 14.6. The molecule has 7 nitrogen and oxygen atoms in total. The average molecular weight is 463 g/mol. The number of rotatable bonds is 13. The molecule has 7 heteroatoms. The second-order valence-corrected chi connectivity index (χ2v) is 8.75. The van der Waals surface area contributed by atoms with Crippen LogP contribution in [0.3, 0.4) is 0 Å². The summed E-state index contributed by atoms with van der Waals surface area (Å²) in [4.78, 5) is 18.4. The molecule has 182 valence electrons. The van der Waals surface area contributed by atoms with Gasteiger partial charge in [-0.2, -0.15) is 5.10 Å². The number of hydrogen-bond donors (Lipinski definition) is 2. The SMILES string of the molecule is CCN(CC)CCNCc1nn2c3ccccc3c(=O)c3c(NCCN(CC)CC)ccc1c32. The van der Waals surface area contributed by atoms with E-state index in [1.807, 2.05) is 28.8 Å². The van der Waals surface area contributed by atoms with Crippen LogP contribution >= 0.6 is 0 Å². The molecule has 2 heterocycles. The summed E-state index contributed by atoms with van der Waals surface area (Å²) in [6.45, 7) is 17.2. The Morgan fingerprint density at radius 1 is 0.853 bits per heavy atom. The summed E-state index contributed by atoms with van der Waals surface area (Å²) in [5.74, 6) is 0. The van der Waals surface area contributed by atoms with Crippen LogP contribution in [0.25, 0.3) is 27.2 Å². The monoisotopic (exact) mass is 462 g/mol. The van der Waals surface area contributed by atoms with Crippen LogP contribution in [0, 0.1) is 0 Å². The number of nitrogens with one attached hydrogen (secondary N) is 2. The van der Waals surface area contributed by atoms with Crippen LogP contribution in [0.1, 0.15) is 33.4 Å². The molecule has 0 saturated heterocycles. The molecule has 2 aromatic carbocycles. The fourth-order valence-electron chi connectivity index (χ4n) is 4.81. The quantitative estimate of drug-likeness (QED) is 0.234. The van der Waals surface area contributed by atoms with E-state index in [9.17, 15) is 4.79 Å². The lowest BCUT2D eigenvalue weighted by Gasteiger charge is -2.19. The van der Waals surface area contributed by atoms with Crippen molar-refractivity contribution in [1.29, 1.82) is 0 Å². The molecule has 0 aliphatic heterocycles. The first kappa shape index (κ1) is 24.4. The number of pyridine rings is 1. The molecule has 0 bridgehead atoms. The van der Waals surface area contributed by atoms with Gasteiger partial charge in [0.05, 0.1) is 22.1 Å². The van der Waals surface area contributed by atoms with Gasteiger partial charge in [-0.25, -0.2) is 4.52 Å². The third-order valence-corrected chi connectivity index (χ3v) is 6.95. The van der Waals surface area contributed by atoms with Gasteiger partial charge < -0.3 is 20.4 Å². The lowest BCUT2D eigenvalue weighted by Crippen LogP contribution is -2.31. The van der Waals surface area contributed by atoms with Crippen LogP contribution < -0.4 is 16.1 Å². The predicted molar refractivity (Wildman–Crippen MR) is 143 cm³/mol. The second kappa shape index (κ2) is 11.1. The van der Waals surface area contributed by atoms with E-state index >= 15 is 0 Å². The molecule has 2 N–H and O–H groups in total. The summed E-state index contributed by atoms with van der Waals surface area (Å²) in [5.41, 5.74) is 3.72. The number of para-hydroxylation sites is 1. The maximum atomic E-state index is 13.6. The number of anilines is 1. The Bertz CT molecular complexity index is 1280. The van der Waals surface area contributed by atoms with Crippen molar-refractivity contribution in [2.45, 2.75) is 34.2 Å². The van der Waals surface area contributed by atoms with Crippen molar-refractivity contribution in [3.63, 3.8) is 0 Å². The first-order chi connectivity index (χ1) is 16.6. The van der Waals surface area contributed by atoms with Crippen molar-refractivity contribution < 1.29 is 0 Å². The Balaban J connectivity index is 1.70. The van der Waals surface area contributed by atoms with Crippen molar-refractivity contribution in [2.24, 2.45) is 0 Å². The van der Waals surface area contributed by atoms with Crippen LogP contribution in [-0.2, 0) is 6.54 Å².